The summed E-state index contributed by atoms with van der Waals surface area (Å²) in [6.07, 6.45) is -1.10. The van der Waals surface area contributed by atoms with E-state index in [4.69, 9.17) is 4.74 Å². The van der Waals surface area contributed by atoms with Crippen LogP contribution in [0, 0.1) is 5.82 Å². The van der Waals surface area contributed by atoms with Crippen molar-refractivity contribution in [3.05, 3.63) is 59.9 Å². The quantitative estimate of drug-likeness (QED) is 0.455. The second-order valence-corrected chi connectivity index (χ2v) is 6.34. The molecule has 0 saturated heterocycles. The van der Waals surface area contributed by atoms with Crippen molar-refractivity contribution in [1.29, 1.82) is 0 Å². The van der Waals surface area contributed by atoms with Crippen molar-refractivity contribution in [1.82, 2.24) is 10.9 Å². The SMILES string of the molecule is CC(Oc1ccccc1F)C(=O)NNC(=O)c1ccc(SC(F)(F)F)cc1. The molecule has 5 nitrogen and oxygen atoms in total. The molecule has 27 heavy (non-hydrogen) atoms. The Kier molecular flexibility index (Phi) is 6.67. The molecule has 0 heterocycles. The number of benzene rings is 2. The fourth-order valence-corrected chi connectivity index (χ4v) is 2.42. The van der Waals surface area contributed by atoms with Crippen LogP contribution in [0.3, 0.4) is 0 Å². The number of hydrogen-bond acceptors (Lipinski definition) is 4. The van der Waals surface area contributed by atoms with Crippen LogP contribution in [0.25, 0.3) is 0 Å². The van der Waals surface area contributed by atoms with Crippen molar-refractivity contribution in [3.63, 3.8) is 0 Å². The van der Waals surface area contributed by atoms with Gasteiger partial charge in [0.2, 0.25) is 0 Å². The zero-order chi connectivity index (χ0) is 20.0. The third-order valence-corrected chi connectivity index (χ3v) is 3.90. The lowest BCUT2D eigenvalue weighted by molar-refractivity contribution is -0.128. The summed E-state index contributed by atoms with van der Waals surface area (Å²) in [6.45, 7) is 1.36. The third-order valence-electron chi connectivity index (χ3n) is 3.16. The number of carbonyl (C=O) groups excluding carboxylic acids is 2. The number of alkyl halides is 3. The van der Waals surface area contributed by atoms with Gasteiger partial charge in [0.15, 0.2) is 17.7 Å². The van der Waals surface area contributed by atoms with Gasteiger partial charge in [-0.25, -0.2) is 4.39 Å². The molecule has 2 aromatic rings. The number of rotatable bonds is 5. The van der Waals surface area contributed by atoms with Crippen LogP contribution in [0.1, 0.15) is 17.3 Å². The number of para-hydroxylation sites is 1. The van der Waals surface area contributed by atoms with E-state index in [0.717, 1.165) is 12.1 Å². The summed E-state index contributed by atoms with van der Waals surface area (Å²) in [5.41, 5.74) is -0.170. The first-order valence-corrected chi connectivity index (χ1v) is 8.34. The van der Waals surface area contributed by atoms with Crippen LogP contribution in [-0.2, 0) is 4.79 Å². The molecular formula is C17H14F4N2O3S. The summed E-state index contributed by atoms with van der Waals surface area (Å²) in [5, 5.41) is 0. The largest absolute Gasteiger partial charge is 0.478 e. The van der Waals surface area contributed by atoms with Gasteiger partial charge < -0.3 is 4.74 Å². The van der Waals surface area contributed by atoms with E-state index >= 15 is 0 Å². The Morgan fingerprint density at radius 2 is 1.67 bits per heavy atom. The number of hydrazine groups is 1. The number of thioether (sulfide) groups is 1. The third kappa shape index (κ3) is 6.48. The summed E-state index contributed by atoms with van der Waals surface area (Å²) >= 11 is -0.303. The molecule has 10 heteroatoms. The lowest BCUT2D eigenvalue weighted by Gasteiger charge is -2.15. The van der Waals surface area contributed by atoms with Crippen molar-refractivity contribution in [2.24, 2.45) is 0 Å². The van der Waals surface area contributed by atoms with E-state index in [-0.39, 0.29) is 28.0 Å². The highest BCUT2D eigenvalue weighted by Crippen LogP contribution is 2.36. The standard InChI is InChI=1S/C17H14F4N2O3S/c1-10(26-14-5-3-2-4-13(14)18)15(24)22-23-16(25)11-6-8-12(9-7-11)27-17(19,20)21/h2-10H,1H3,(H,22,24)(H,23,25). The van der Waals surface area contributed by atoms with Crippen LogP contribution >= 0.6 is 11.8 Å². The van der Waals surface area contributed by atoms with Gasteiger partial charge in [0.25, 0.3) is 11.8 Å². The van der Waals surface area contributed by atoms with Gasteiger partial charge in [0.05, 0.1) is 0 Å². The summed E-state index contributed by atoms with van der Waals surface area (Å²) in [7, 11) is 0. The average Bonchev–Trinajstić information content (AvgIpc) is 2.60. The minimum Gasteiger partial charge on any atom is -0.478 e. The van der Waals surface area contributed by atoms with Gasteiger partial charge in [0.1, 0.15) is 0 Å². The first-order valence-electron chi connectivity index (χ1n) is 7.53. The van der Waals surface area contributed by atoms with Crippen LogP contribution in [-0.4, -0.2) is 23.4 Å². The maximum absolute atomic E-state index is 13.5. The Morgan fingerprint density at radius 3 is 2.26 bits per heavy atom. The first kappa shape index (κ1) is 20.6. The number of amides is 2. The van der Waals surface area contributed by atoms with E-state index in [0.29, 0.717) is 0 Å². The fraction of sp³-hybridized carbons (Fsp3) is 0.176. The van der Waals surface area contributed by atoms with Crippen molar-refractivity contribution >= 4 is 23.6 Å². The van der Waals surface area contributed by atoms with Gasteiger partial charge in [-0.05, 0) is 55.1 Å². The predicted octanol–water partition coefficient (Wildman–Crippen LogP) is 3.67. The molecule has 0 aromatic heterocycles. The van der Waals surface area contributed by atoms with Crippen molar-refractivity contribution in [2.45, 2.75) is 23.4 Å². The maximum atomic E-state index is 13.5. The maximum Gasteiger partial charge on any atom is 0.446 e. The van der Waals surface area contributed by atoms with Crippen molar-refractivity contribution < 1.29 is 31.9 Å². The molecule has 2 amide bonds. The molecule has 2 rings (SSSR count). The molecule has 0 aliphatic heterocycles. The molecule has 1 unspecified atom stereocenters. The summed E-state index contributed by atoms with van der Waals surface area (Å²) in [4.78, 5) is 23.8. The van der Waals surface area contributed by atoms with Crippen LogP contribution < -0.4 is 15.6 Å². The van der Waals surface area contributed by atoms with E-state index in [2.05, 4.69) is 10.9 Å². The molecule has 0 saturated carbocycles. The van der Waals surface area contributed by atoms with Crippen LogP contribution in [0.4, 0.5) is 17.6 Å². The van der Waals surface area contributed by atoms with Gasteiger partial charge in [-0.3, -0.25) is 20.4 Å². The van der Waals surface area contributed by atoms with Crippen LogP contribution in [0.2, 0.25) is 0 Å². The Bertz CT molecular complexity index is 813. The predicted molar refractivity (Wildman–Crippen MR) is 90.5 cm³/mol. The van der Waals surface area contributed by atoms with Gasteiger partial charge in [-0.15, -0.1) is 0 Å². The number of halogens is 4. The van der Waals surface area contributed by atoms with Gasteiger partial charge in [0, 0.05) is 10.5 Å². The van der Waals surface area contributed by atoms with E-state index < -0.39 is 29.2 Å². The van der Waals surface area contributed by atoms with E-state index in [1.165, 1.54) is 43.3 Å². The van der Waals surface area contributed by atoms with Crippen LogP contribution in [0.15, 0.2) is 53.4 Å². The highest BCUT2D eigenvalue weighted by Gasteiger charge is 2.29. The molecule has 0 radical (unpaired) electrons. The highest BCUT2D eigenvalue weighted by molar-refractivity contribution is 8.00. The normalized spacial score (nSPS) is 12.2. The Balaban J connectivity index is 1.87. The average molecular weight is 402 g/mol. The molecule has 0 bridgehead atoms. The fourth-order valence-electron chi connectivity index (χ4n) is 1.88. The summed E-state index contributed by atoms with van der Waals surface area (Å²) in [5.74, 6) is -2.23. The number of nitrogens with one attached hydrogen (secondary N) is 2. The minimum absolute atomic E-state index is 0.0458. The van der Waals surface area contributed by atoms with Gasteiger partial charge in [-0.1, -0.05) is 12.1 Å². The monoisotopic (exact) mass is 402 g/mol. The van der Waals surface area contributed by atoms with Crippen LogP contribution in [0.5, 0.6) is 5.75 Å². The van der Waals surface area contributed by atoms with Gasteiger partial charge >= 0.3 is 5.51 Å². The zero-order valence-corrected chi connectivity index (χ0v) is 14.7. The number of carbonyl (C=O) groups is 2. The molecule has 144 valence electrons. The lowest BCUT2D eigenvalue weighted by atomic mass is 10.2. The second kappa shape index (κ2) is 8.76. The lowest BCUT2D eigenvalue weighted by Crippen LogP contribution is -2.47. The van der Waals surface area contributed by atoms with E-state index in [1.807, 2.05) is 0 Å². The molecule has 1 atom stereocenters. The zero-order valence-electron chi connectivity index (χ0n) is 13.8. The Labute approximate surface area is 156 Å². The van der Waals surface area contributed by atoms with Gasteiger partial charge in [-0.2, -0.15) is 13.2 Å². The number of hydrogen-bond donors (Lipinski definition) is 2. The smallest absolute Gasteiger partial charge is 0.446 e. The Morgan fingerprint density at radius 1 is 1.04 bits per heavy atom. The molecule has 0 spiro atoms. The van der Waals surface area contributed by atoms with Crippen molar-refractivity contribution in [2.75, 3.05) is 0 Å². The molecule has 0 aliphatic carbocycles. The first-order chi connectivity index (χ1) is 12.7. The van der Waals surface area contributed by atoms with E-state index in [9.17, 15) is 27.2 Å². The highest BCUT2D eigenvalue weighted by atomic mass is 32.2. The molecule has 0 fully saturated rings. The summed E-state index contributed by atoms with van der Waals surface area (Å²) < 4.78 is 55.4. The van der Waals surface area contributed by atoms with Crippen molar-refractivity contribution in [3.8, 4) is 5.75 Å². The number of ether oxygens (including phenoxy) is 1. The Hall–Kier alpha value is -2.75. The van der Waals surface area contributed by atoms with E-state index in [1.54, 1.807) is 0 Å². The molecule has 2 N–H and O–H groups in total. The molecule has 0 aliphatic rings. The minimum atomic E-state index is -4.42. The molecular weight excluding hydrogens is 388 g/mol. The second-order valence-electron chi connectivity index (χ2n) is 5.21. The molecule has 2 aromatic carbocycles. The topological polar surface area (TPSA) is 67.4 Å². The summed E-state index contributed by atoms with van der Waals surface area (Å²) in [6, 6.07) is 10.2.